The van der Waals surface area contributed by atoms with E-state index < -0.39 is 14.5 Å². The van der Waals surface area contributed by atoms with Crippen LogP contribution in [0.1, 0.15) is 5.56 Å². The van der Waals surface area contributed by atoms with Crippen LogP contribution in [0, 0.1) is 0 Å². The Kier molecular flexibility index (Phi) is 4.03. The lowest BCUT2D eigenvalue weighted by molar-refractivity contribution is -0.0801. The number of halogens is 3. The molecule has 0 radical (unpaired) electrons. The topological polar surface area (TPSA) is 9.23 Å². The zero-order valence-electron chi connectivity index (χ0n) is 10.0. The lowest BCUT2D eigenvalue weighted by Gasteiger charge is -2.22. The van der Waals surface area contributed by atoms with Gasteiger partial charge in [0.15, 0.2) is 0 Å². The average Bonchev–Trinajstić information content (AvgIpc) is 2.14. The minimum absolute atomic E-state index is 0.0998. The minimum Gasteiger partial charge on any atom is -0.544 e. The van der Waals surface area contributed by atoms with Crippen molar-refractivity contribution >= 4 is 14.1 Å². The monoisotopic (exact) mass is 260 g/mol. The van der Waals surface area contributed by atoms with Gasteiger partial charge in [0.1, 0.15) is 5.76 Å². The molecule has 0 saturated heterocycles. The molecule has 0 amide bonds. The summed E-state index contributed by atoms with van der Waals surface area (Å²) >= 11 is 0. The van der Waals surface area contributed by atoms with Crippen molar-refractivity contribution in [2.75, 3.05) is 0 Å². The second kappa shape index (κ2) is 4.95. The van der Waals surface area contributed by atoms with Crippen LogP contribution < -0.4 is 0 Å². The normalized spacial score (nSPS) is 13.6. The van der Waals surface area contributed by atoms with E-state index in [0.717, 1.165) is 0 Å². The van der Waals surface area contributed by atoms with Gasteiger partial charge in [0, 0.05) is 5.56 Å². The molecule has 0 aliphatic rings. The van der Waals surface area contributed by atoms with Gasteiger partial charge in [-0.25, -0.2) is 0 Å². The molecule has 1 aromatic rings. The summed E-state index contributed by atoms with van der Waals surface area (Å²) in [6.45, 7) is 5.54. The fraction of sp³-hybridized carbons (Fsp3) is 0.333. The highest BCUT2D eigenvalue weighted by Gasteiger charge is 2.28. The molecular formula is C12H15F3OSi. The number of alkyl halides is 3. The van der Waals surface area contributed by atoms with Gasteiger partial charge in [0.2, 0.25) is 8.32 Å². The molecule has 94 valence electrons. The molecule has 17 heavy (non-hydrogen) atoms. The second-order valence-electron chi connectivity index (χ2n) is 4.63. The Morgan fingerprint density at radius 2 is 1.65 bits per heavy atom. The third-order valence-electron chi connectivity index (χ3n) is 1.77. The molecule has 1 rings (SSSR count). The molecule has 0 atom stereocenters. The van der Waals surface area contributed by atoms with E-state index in [4.69, 9.17) is 4.43 Å². The van der Waals surface area contributed by atoms with Crippen LogP contribution in [0.15, 0.2) is 36.4 Å². The Balaban J connectivity index is 3.09. The highest BCUT2D eigenvalue weighted by Crippen LogP contribution is 2.27. The van der Waals surface area contributed by atoms with Crippen molar-refractivity contribution in [3.63, 3.8) is 0 Å². The van der Waals surface area contributed by atoms with Crippen molar-refractivity contribution in [2.24, 2.45) is 0 Å². The van der Waals surface area contributed by atoms with E-state index in [-0.39, 0.29) is 11.8 Å². The summed E-state index contributed by atoms with van der Waals surface area (Å²) in [5, 5.41) is 0. The molecule has 1 nitrogen and oxygen atoms in total. The predicted octanol–water partition coefficient (Wildman–Crippen LogP) is 4.44. The molecule has 5 heteroatoms. The largest absolute Gasteiger partial charge is 0.544 e. The van der Waals surface area contributed by atoms with Crippen LogP contribution in [0.2, 0.25) is 19.6 Å². The van der Waals surface area contributed by atoms with Gasteiger partial charge in [-0.05, 0) is 19.6 Å². The zero-order chi connectivity index (χ0) is 13.1. The Bertz CT molecular complexity index is 390. The summed E-state index contributed by atoms with van der Waals surface area (Å²) in [4.78, 5) is 0. The molecule has 0 unspecified atom stereocenters. The van der Waals surface area contributed by atoms with Crippen molar-refractivity contribution in [2.45, 2.75) is 25.8 Å². The van der Waals surface area contributed by atoms with Gasteiger partial charge in [-0.3, -0.25) is 0 Å². The lowest BCUT2D eigenvalue weighted by Crippen LogP contribution is -2.25. The maximum absolute atomic E-state index is 12.4. The minimum atomic E-state index is -4.37. The molecule has 0 aliphatic heterocycles. The van der Waals surface area contributed by atoms with Crippen LogP contribution >= 0.6 is 0 Å². The van der Waals surface area contributed by atoms with Gasteiger partial charge < -0.3 is 4.43 Å². The molecular weight excluding hydrogens is 245 g/mol. The highest BCUT2D eigenvalue weighted by atomic mass is 28.4. The molecule has 0 heterocycles. The fourth-order valence-corrected chi connectivity index (χ4v) is 2.09. The second-order valence-corrected chi connectivity index (χ2v) is 9.06. The Labute approximate surface area is 100 Å². The maximum atomic E-state index is 12.4. The first kappa shape index (κ1) is 13.8. The number of hydrogen-bond donors (Lipinski definition) is 0. The summed E-state index contributed by atoms with van der Waals surface area (Å²) in [5.74, 6) is -0.0998. The molecule has 0 fully saturated rings. The molecule has 0 N–H and O–H groups in total. The first-order valence-electron chi connectivity index (χ1n) is 5.21. The van der Waals surface area contributed by atoms with Crippen LogP contribution in [0.5, 0.6) is 0 Å². The van der Waals surface area contributed by atoms with Gasteiger partial charge >= 0.3 is 6.18 Å². The lowest BCUT2D eigenvalue weighted by atomic mass is 10.2. The van der Waals surface area contributed by atoms with E-state index in [9.17, 15) is 13.2 Å². The third-order valence-corrected chi connectivity index (χ3v) is 2.60. The standard InChI is InChI=1S/C12H15F3OSi/c1-17(2,3)16-11(9-12(13,14)15)10-7-5-4-6-8-10/h4-9H,1-3H3/b11-9-. The van der Waals surface area contributed by atoms with Gasteiger partial charge in [-0.15, -0.1) is 0 Å². The number of allylic oxidation sites excluding steroid dienone is 1. The Hall–Kier alpha value is -1.23. The number of rotatable bonds is 3. The molecule has 0 spiro atoms. The Morgan fingerprint density at radius 1 is 1.12 bits per heavy atom. The van der Waals surface area contributed by atoms with Crippen LogP contribution in [-0.4, -0.2) is 14.5 Å². The fourth-order valence-electron chi connectivity index (χ4n) is 1.25. The van der Waals surface area contributed by atoms with E-state index in [2.05, 4.69) is 0 Å². The molecule has 1 aromatic carbocycles. The van der Waals surface area contributed by atoms with E-state index in [1.165, 1.54) is 0 Å². The van der Waals surface area contributed by atoms with E-state index in [1.54, 1.807) is 30.3 Å². The third kappa shape index (κ3) is 5.58. The zero-order valence-corrected chi connectivity index (χ0v) is 11.0. The SMILES string of the molecule is C[Si](C)(C)O/C(=C\C(F)(F)F)c1ccccc1. The van der Waals surface area contributed by atoms with E-state index in [1.807, 2.05) is 19.6 Å². The van der Waals surface area contributed by atoms with E-state index in [0.29, 0.717) is 5.56 Å². The molecule has 0 aromatic heterocycles. The van der Waals surface area contributed by atoms with Crippen molar-refractivity contribution in [3.8, 4) is 0 Å². The van der Waals surface area contributed by atoms with Crippen molar-refractivity contribution in [1.82, 2.24) is 0 Å². The van der Waals surface area contributed by atoms with Gasteiger partial charge in [-0.1, -0.05) is 30.3 Å². The van der Waals surface area contributed by atoms with Gasteiger partial charge in [0.25, 0.3) is 0 Å². The molecule has 0 aliphatic carbocycles. The van der Waals surface area contributed by atoms with Crippen molar-refractivity contribution in [1.29, 1.82) is 0 Å². The predicted molar refractivity (Wildman–Crippen MR) is 64.9 cm³/mol. The maximum Gasteiger partial charge on any atom is 0.413 e. The number of benzene rings is 1. The summed E-state index contributed by atoms with van der Waals surface area (Å²) in [6.07, 6.45) is -4.15. The van der Waals surface area contributed by atoms with Crippen LogP contribution in [0.3, 0.4) is 0 Å². The summed E-state index contributed by atoms with van der Waals surface area (Å²) < 4.78 is 42.8. The van der Waals surface area contributed by atoms with Crippen LogP contribution in [-0.2, 0) is 4.43 Å². The average molecular weight is 260 g/mol. The Morgan fingerprint density at radius 3 is 2.06 bits per heavy atom. The summed E-state index contributed by atoms with van der Waals surface area (Å²) in [7, 11) is -2.07. The molecule has 0 saturated carbocycles. The van der Waals surface area contributed by atoms with Crippen LogP contribution in [0.4, 0.5) is 13.2 Å². The quantitative estimate of drug-likeness (QED) is 0.576. The number of hydrogen-bond acceptors (Lipinski definition) is 1. The highest BCUT2D eigenvalue weighted by molar-refractivity contribution is 6.70. The van der Waals surface area contributed by atoms with Crippen molar-refractivity contribution in [3.05, 3.63) is 42.0 Å². The summed E-state index contributed by atoms with van der Waals surface area (Å²) in [6, 6.07) is 8.35. The van der Waals surface area contributed by atoms with E-state index >= 15 is 0 Å². The first-order chi connectivity index (χ1) is 7.67. The van der Waals surface area contributed by atoms with Crippen molar-refractivity contribution < 1.29 is 17.6 Å². The molecule has 0 bridgehead atoms. The first-order valence-corrected chi connectivity index (χ1v) is 8.62. The van der Waals surface area contributed by atoms with Gasteiger partial charge in [0.05, 0.1) is 6.08 Å². The van der Waals surface area contributed by atoms with Crippen LogP contribution in [0.25, 0.3) is 5.76 Å². The smallest absolute Gasteiger partial charge is 0.413 e. The summed E-state index contributed by atoms with van der Waals surface area (Å²) in [5.41, 5.74) is 0.451. The van der Waals surface area contributed by atoms with Gasteiger partial charge in [-0.2, -0.15) is 13.2 Å².